The molecule has 1 N–H and O–H groups in total. The van der Waals surface area contributed by atoms with Crippen molar-refractivity contribution in [1.29, 1.82) is 0 Å². The number of amides is 1. The highest BCUT2D eigenvalue weighted by molar-refractivity contribution is 7.99. The van der Waals surface area contributed by atoms with Crippen LogP contribution in [0.25, 0.3) is 27.3 Å². The second-order valence-corrected chi connectivity index (χ2v) is 10.7. The third-order valence-corrected chi connectivity index (χ3v) is 7.82. The second-order valence-electron chi connectivity index (χ2n) is 8.77. The van der Waals surface area contributed by atoms with Gasteiger partial charge < -0.3 is 14.8 Å². The van der Waals surface area contributed by atoms with Crippen molar-refractivity contribution in [2.45, 2.75) is 24.9 Å². The molecule has 38 heavy (non-hydrogen) atoms. The van der Waals surface area contributed by atoms with Gasteiger partial charge in [-0.05, 0) is 60.0 Å². The highest BCUT2D eigenvalue weighted by Crippen LogP contribution is 2.33. The Hall–Kier alpha value is -3.89. The number of ether oxygens (including phenoxy) is 2. The molecule has 0 saturated carbocycles. The fraction of sp³-hybridized carbons (Fsp3) is 0.214. The molecule has 0 atom stereocenters. The first kappa shape index (κ1) is 25.7. The lowest BCUT2D eigenvalue weighted by Gasteiger charge is -2.17. The molecule has 5 rings (SSSR count). The number of nitrogens with one attached hydrogen (secondary N) is 1. The summed E-state index contributed by atoms with van der Waals surface area (Å²) in [7, 11) is 3.27. The zero-order valence-corrected chi connectivity index (χ0v) is 23.1. The van der Waals surface area contributed by atoms with Crippen LogP contribution in [-0.4, -0.2) is 45.6 Å². The van der Waals surface area contributed by atoms with Crippen LogP contribution in [0.2, 0.25) is 0 Å². The van der Waals surface area contributed by atoms with Crippen LogP contribution in [-0.2, 0) is 4.79 Å². The maximum absolute atomic E-state index is 12.9. The molecule has 0 aliphatic carbocycles. The normalized spacial score (nSPS) is 11.2. The number of hydrogen-bond acceptors (Lipinski definition) is 8. The number of carbonyl (C=O) groups is 1. The van der Waals surface area contributed by atoms with Crippen molar-refractivity contribution in [1.82, 2.24) is 19.7 Å². The first-order valence-electron chi connectivity index (χ1n) is 12.0. The van der Waals surface area contributed by atoms with Crippen LogP contribution >= 0.6 is 23.1 Å². The summed E-state index contributed by atoms with van der Waals surface area (Å²) in [6.45, 7) is 4.31. The molecular weight excluding hydrogens is 518 g/mol. The minimum atomic E-state index is -0.168. The predicted molar refractivity (Wildman–Crippen MR) is 153 cm³/mol. The summed E-state index contributed by atoms with van der Waals surface area (Å²) < 4.78 is 13.6. The van der Waals surface area contributed by atoms with Crippen molar-refractivity contribution in [3.05, 3.63) is 72.3 Å². The molecule has 194 valence electrons. The Morgan fingerprint density at radius 2 is 1.74 bits per heavy atom. The van der Waals surface area contributed by atoms with Crippen molar-refractivity contribution in [2.24, 2.45) is 0 Å². The van der Waals surface area contributed by atoms with Gasteiger partial charge in [0.2, 0.25) is 5.91 Å². The summed E-state index contributed by atoms with van der Waals surface area (Å²) in [5, 5.41) is 13.1. The van der Waals surface area contributed by atoms with Gasteiger partial charge in [0.05, 0.1) is 35.9 Å². The van der Waals surface area contributed by atoms with Gasteiger partial charge in [0.15, 0.2) is 16.1 Å². The van der Waals surface area contributed by atoms with Crippen LogP contribution in [0.1, 0.15) is 25.3 Å². The molecule has 0 aliphatic rings. The molecule has 0 spiro atoms. The number of methoxy groups -OCH3 is 2. The maximum Gasteiger partial charge on any atom is 0.236 e. The van der Waals surface area contributed by atoms with E-state index in [0.29, 0.717) is 16.1 Å². The molecule has 0 unspecified atom stereocenters. The molecule has 8 nitrogen and oxygen atoms in total. The van der Waals surface area contributed by atoms with E-state index in [9.17, 15) is 4.79 Å². The highest BCUT2D eigenvalue weighted by atomic mass is 32.2. The topological polar surface area (TPSA) is 91.2 Å². The SMILES string of the molecule is COc1ccc(-c2nnc(SCC(=O)Nc3nc4ccc(OC)cc4s3)n2-c2ccccc2C(C)C)cc1. The van der Waals surface area contributed by atoms with Crippen molar-refractivity contribution in [3.8, 4) is 28.6 Å². The summed E-state index contributed by atoms with van der Waals surface area (Å²) >= 11 is 2.75. The fourth-order valence-corrected chi connectivity index (χ4v) is 5.71. The maximum atomic E-state index is 12.9. The van der Waals surface area contributed by atoms with E-state index in [4.69, 9.17) is 9.47 Å². The van der Waals surface area contributed by atoms with Gasteiger partial charge in [-0.2, -0.15) is 0 Å². The molecule has 5 aromatic rings. The Morgan fingerprint density at radius 3 is 2.47 bits per heavy atom. The Balaban J connectivity index is 1.42. The Bertz CT molecular complexity index is 1580. The van der Waals surface area contributed by atoms with Crippen LogP contribution in [0.15, 0.2) is 71.9 Å². The molecule has 2 heterocycles. The average molecular weight is 546 g/mol. The molecule has 3 aromatic carbocycles. The number of hydrogen-bond donors (Lipinski definition) is 1. The Kier molecular flexibility index (Phi) is 7.62. The molecule has 0 fully saturated rings. The van der Waals surface area contributed by atoms with E-state index in [1.54, 1.807) is 14.2 Å². The first-order chi connectivity index (χ1) is 18.5. The molecule has 0 saturated heterocycles. The summed E-state index contributed by atoms with van der Waals surface area (Å²) in [6, 6.07) is 21.6. The van der Waals surface area contributed by atoms with Crippen molar-refractivity contribution in [3.63, 3.8) is 0 Å². The predicted octanol–water partition coefficient (Wildman–Crippen LogP) is 6.42. The van der Waals surface area contributed by atoms with Crippen LogP contribution < -0.4 is 14.8 Å². The highest BCUT2D eigenvalue weighted by Gasteiger charge is 2.20. The number of anilines is 1. The third kappa shape index (κ3) is 5.36. The summed E-state index contributed by atoms with van der Waals surface area (Å²) in [6.07, 6.45) is 0. The number of rotatable bonds is 9. The second kappa shape index (κ2) is 11.2. The molecule has 0 bridgehead atoms. The van der Waals surface area contributed by atoms with Crippen molar-refractivity contribution >= 4 is 44.4 Å². The van der Waals surface area contributed by atoms with Crippen molar-refractivity contribution in [2.75, 3.05) is 25.3 Å². The standard InChI is InChI=1S/C28H27N5O3S2/c1-17(2)21-7-5-6-8-23(21)33-26(18-9-11-19(35-3)12-10-18)31-32-28(33)37-16-25(34)30-27-29-22-14-13-20(36-4)15-24(22)38-27/h5-15,17H,16H2,1-4H3,(H,29,30,34). The molecule has 2 aromatic heterocycles. The molecular formula is C28H27N5O3S2. The largest absolute Gasteiger partial charge is 0.497 e. The number of benzene rings is 3. The van der Waals surface area contributed by atoms with Gasteiger partial charge in [-0.25, -0.2) is 4.98 Å². The van der Waals surface area contributed by atoms with E-state index in [2.05, 4.69) is 46.5 Å². The zero-order chi connectivity index (χ0) is 26.6. The van der Waals surface area contributed by atoms with Crippen LogP contribution in [0.3, 0.4) is 0 Å². The minimum Gasteiger partial charge on any atom is -0.497 e. The smallest absolute Gasteiger partial charge is 0.236 e. The quantitative estimate of drug-likeness (QED) is 0.214. The van der Waals surface area contributed by atoms with Gasteiger partial charge in [-0.1, -0.05) is 55.1 Å². The zero-order valence-electron chi connectivity index (χ0n) is 21.5. The number of aromatic nitrogens is 4. The van der Waals surface area contributed by atoms with Gasteiger partial charge >= 0.3 is 0 Å². The minimum absolute atomic E-state index is 0.157. The summed E-state index contributed by atoms with van der Waals surface area (Å²) in [4.78, 5) is 17.4. The van der Waals surface area contributed by atoms with Crippen LogP contribution in [0, 0.1) is 0 Å². The lowest BCUT2D eigenvalue weighted by molar-refractivity contribution is -0.113. The molecule has 1 amide bonds. The molecule has 0 aliphatic heterocycles. The van der Waals surface area contributed by atoms with Gasteiger partial charge in [0.25, 0.3) is 0 Å². The van der Waals surface area contributed by atoms with E-state index in [1.807, 2.05) is 59.2 Å². The van der Waals surface area contributed by atoms with E-state index in [0.717, 1.165) is 33.0 Å². The first-order valence-corrected chi connectivity index (χ1v) is 13.8. The average Bonchev–Trinajstić information content (AvgIpc) is 3.54. The van der Waals surface area contributed by atoms with Crippen molar-refractivity contribution < 1.29 is 14.3 Å². The monoisotopic (exact) mass is 545 g/mol. The lowest BCUT2D eigenvalue weighted by atomic mass is 10.0. The third-order valence-electron chi connectivity index (χ3n) is 5.96. The van der Waals surface area contributed by atoms with E-state index in [-0.39, 0.29) is 17.6 Å². The summed E-state index contributed by atoms with van der Waals surface area (Å²) in [5.74, 6) is 2.49. The lowest BCUT2D eigenvalue weighted by Crippen LogP contribution is -2.14. The van der Waals surface area contributed by atoms with E-state index >= 15 is 0 Å². The molecule has 10 heteroatoms. The number of para-hydroxylation sites is 1. The fourth-order valence-electron chi connectivity index (χ4n) is 4.06. The van der Waals surface area contributed by atoms with E-state index in [1.165, 1.54) is 28.7 Å². The van der Waals surface area contributed by atoms with E-state index < -0.39 is 0 Å². The van der Waals surface area contributed by atoms with Crippen LogP contribution in [0.4, 0.5) is 5.13 Å². The van der Waals surface area contributed by atoms with Gasteiger partial charge in [-0.15, -0.1) is 10.2 Å². The summed E-state index contributed by atoms with van der Waals surface area (Å²) in [5.41, 5.74) is 3.87. The molecule has 0 radical (unpaired) electrons. The number of thiazole rings is 1. The Labute approximate surface area is 229 Å². The number of nitrogens with zero attached hydrogens (tertiary/aromatic N) is 4. The number of carbonyl (C=O) groups excluding carboxylic acids is 1. The van der Waals surface area contributed by atoms with Crippen LogP contribution in [0.5, 0.6) is 11.5 Å². The Morgan fingerprint density at radius 1 is 1.00 bits per heavy atom. The van der Waals surface area contributed by atoms with Gasteiger partial charge in [0.1, 0.15) is 11.5 Å². The van der Waals surface area contributed by atoms with Gasteiger partial charge in [0, 0.05) is 5.56 Å². The number of thioether (sulfide) groups is 1. The number of fused-ring (bicyclic) bond motifs is 1. The van der Waals surface area contributed by atoms with Gasteiger partial charge in [-0.3, -0.25) is 9.36 Å².